The van der Waals surface area contributed by atoms with Crippen molar-refractivity contribution >= 4 is 22.9 Å². The minimum atomic E-state index is -1.26. The van der Waals surface area contributed by atoms with Crippen molar-refractivity contribution in [3.05, 3.63) is 39.9 Å². The number of fused-ring (bicyclic) bond motifs is 2. The van der Waals surface area contributed by atoms with E-state index in [1.165, 1.54) is 18.6 Å². The van der Waals surface area contributed by atoms with Gasteiger partial charge in [0.25, 0.3) is 5.69 Å². The Bertz CT molecular complexity index is 684. The van der Waals surface area contributed by atoms with Crippen molar-refractivity contribution in [3.8, 4) is 0 Å². The van der Waals surface area contributed by atoms with Gasteiger partial charge in [-0.1, -0.05) is 20.8 Å². The van der Waals surface area contributed by atoms with Crippen LogP contribution < -0.4 is 0 Å². The molecule has 2 aliphatic rings. The van der Waals surface area contributed by atoms with Gasteiger partial charge in [0.15, 0.2) is 0 Å². The van der Waals surface area contributed by atoms with Gasteiger partial charge < -0.3 is 0 Å². The molecule has 2 saturated carbocycles. The summed E-state index contributed by atoms with van der Waals surface area (Å²) in [6.07, 6.45) is 4.90. The van der Waals surface area contributed by atoms with Crippen molar-refractivity contribution < 1.29 is 9.13 Å². The number of nitro groups is 1. The summed E-state index contributed by atoms with van der Waals surface area (Å²) in [4.78, 5) is 10.2. The molecule has 1 aromatic carbocycles. The van der Waals surface area contributed by atoms with E-state index in [1.54, 1.807) is 18.3 Å². The summed E-state index contributed by atoms with van der Waals surface area (Å²) < 4.78 is 16.9. The summed E-state index contributed by atoms with van der Waals surface area (Å²) in [5.41, 5.74) is 1.08. The third-order valence-corrected chi connectivity index (χ3v) is 7.88. The maximum atomic E-state index is 12.7. The molecule has 6 heteroatoms. The smallest absolute Gasteiger partial charge is 0.258 e. The highest BCUT2D eigenvalue weighted by molar-refractivity contribution is 7.84. The number of hydrogen-bond donors (Lipinski definition) is 0. The fourth-order valence-electron chi connectivity index (χ4n) is 4.30. The maximum absolute atomic E-state index is 12.7. The molecule has 4 atom stereocenters. The fourth-order valence-corrected chi connectivity index (χ4v) is 5.94. The molecule has 124 valence electrons. The first-order valence-electron chi connectivity index (χ1n) is 7.95. The van der Waals surface area contributed by atoms with E-state index in [1.807, 2.05) is 0 Å². The van der Waals surface area contributed by atoms with Gasteiger partial charge in [0.1, 0.15) is 11.0 Å². The molecule has 0 aromatic heterocycles. The Labute approximate surface area is 138 Å². The Kier molecular flexibility index (Phi) is 3.91. The molecule has 1 aromatic rings. The van der Waals surface area contributed by atoms with Gasteiger partial charge in [-0.2, -0.15) is 4.40 Å². The largest absolute Gasteiger partial charge is 0.269 e. The van der Waals surface area contributed by atoms with E-state index in [0.29, 0.717) is 5.92 Å². The molecule has 0 spiro atoms. The molecular weight excluding hydrogens is 312 g/mol. The molecule has 2 bridgehead atoms. The Hall–Kier alpha value is -1.56. The SMILES string of the molecule is CC1(C)[C@H]2CC[C@]1(C)[C@@H]([S@@](=O)/N=C/c1ccc([N+](=O)[O-])cc1)C2. The van der Waals surface area contributed by atoms with E-state index in [0.717, 1.165) is 18.4 Å². The van der Waals surface area contributed by atoms with Gasteiger partial charge in [-0.05, 0) is 53.7 Å². The number of non-ortho nitro benzene ring substituents is 1. The molecule has 5 nitrogen and oxygen atoms in total. The second-order valence-corrected chi connectivity index (χ2v) is 8.79. The van der Waals surface area contributed by atoms with E-state index in [4.69, 9.17) is 0 Å². The van der Waals surface area contributed by atoms with E-state index in [-0.39, 0.29) is 21.8 Å². The molecule has 0 amide bonds. The van der Waals surface area contributed by atoms with Crippen molar-refractivity contribution in [1.29, 1.82) is 0 Å². The van der Waals surface area contributed by atoms with Crippen LogP contribution in [0.5, 0.6) is 0 Å². The van der Waals surface area contributed by atoms with Crippen LogP contribution in [-0.2, 0) is 11.0 Å². The monoisotopic (exact) mass is 334 g/mol. The van der Waals surface area contributed by atoms with Gasteiger partial charge in [0, 0.05) is 18.3 Å². The van der Waals surface area contributed by atoms with Gasteiger partial charge in [0.05, 0.1) is 10.2 Å². The summed E-state index contributed by atoms with van der Waals surface area (Å²) in [5.74, 6) is 0.635. The summed E-state index contributed by atoms with van der Waals surface area (Å²) in [7, 11) is -1.26. The predicted octanol–water partition coefficient (Wildman–Crippen LogP) is 3.89. The number of hydrogen-bond acceptors (Lipinski definition) is 3. The molecule has 2 aliphatic carbocycles. The second kappa shape index (κ2) is 5.51. The summed E-state index contributed by atoms with van der Waals surface area (Å²) >= 11 is 0. The molecule has 0 N–H and O–H groups in total. The van der Waals surface area contributed by atoms with E-state index in [9.17, 15) is 14.3 Å². The first-order chi connectivity index (χ1) is 10.8. The molecule has 2 fully saturated rings. The van der Waals surface area contributed by atoms with Gasteiger partial charge in [-0.3, -0.25) is 10.1 Å². The third-order valence-electron chi connectivity index (χ3n) is 6.37. The van der Waals surface area contributed by atoms with Crippen molar-refractivity contribution in [3.63, 3.8) is 0 Å². The molecule has 0 aliphatic heterocycles. The lowest BCUT2D eigenvalue weighted by atomic mass is 9.71. The number of nitrogens with zero attached hydrogens (tertiary/aromatic N) is 2. The summed E-state index contributed by atoms with van der Waals surface area (Å²) in [6, 6.07) is 6.13. The van der Waals surface area contributed by atoms with Crippen LogP contribution in [0.4, 0.5) is 5.69 Å². The average Bonchev–Trinajstić information content (AvgIpc) is 2.86. The van der Waals surface area contributed by atoms with Gasteiger partial charge in [0.2, 0.25) is 0 Å². The molecule has 0 heterocycles. The van der Waals surface area contributed by atoms with Crippen LogP contribution in [0.3, 0.4) is 0 Å². The first kappa shape index (κ1) is 16.3. The lowest BCUT2D eigenvalue weighted by Gasteiger charge is -2.37. The van der Waals surface area contributed by atoms with E-state index in [2.05, 4.69) is 25.2 Å². The minimum absolute atomic E-state index is 0.0469. The van der Waals surface area contributed by atoms with Crippen LogP contribution in [0.2, 0.25) is 0 Å². The fraction of sp³-hybridized carbons (Fsp3) is 0.588. The second-order valence-electron chi connectivity index (χ2n) is 7.46. The van der Waals surface area contributed by atoms with Crippen molar-refractivity contribution in [2.45, 2.75) is 45.3 Å². The lowest BCUT2D eigenvalue weighted by molar-refractivity contribution is -0.384. The maximum Gasteiger partial charge on any atom is 0.269 e. The number of benzene rings is 1. The molecular formula is C17H22N2O3S. The normalized spacial score (nSPS) is 33.2. The highest BCUT2D eigenvalue weighted by Crippen LogP contribution is 2.66. The molecule has 0 unspecified atom stereocenters. The zero-order valence-corrected chi connectivity index (χ0v) is 14.5. The van der Waals surface area contributed by atoms with Crippen LogP contribution >= 0.6 is 0 Å². The predicted molar refractivity (Wildman–Crippen MR) is 91.8 cm³/mol. The zero-order chi connectivity index (χ0) is 16.8. The average molecular weight is 334 g/mol. The third kappa shape index (κ3) is 2.53. The summed E-state index contributed by atoms with van der Waals surface area (Å²) in [6.45, 7) is 6.84. The quantitative estimate of drug-likeness (QED) is 0.476. The van der Waals surface area contributed by atoms with E-state index < -0.39 is 15.9 Å². The van der Waals surface area contributed by atoms with Crippen molar-refractivity contribution in [2.75, 3.05) is 0 Å². The van der Waals surface area contributed by atoms with Gasteiger partial charge >= 0.3 is 0 Å². The highest BCUT2D eigenvalue weighted by atomic mass is 32.2. The first-order valence-corrected chi connectivity index (χ1v) is 9.12. The zero-order valence-electron chi connectivity index (χ0n) is 13.7. The Morgan fingerprint density at radius 2 is 1.96 bits per heavy atom. The van der Waals surface area contributed by atoms with Gasteiger partial charge in [-0.25, -0.2) is 4.21 Å². The lowest BCUT2D eigenvalue weighted by Crippen LogP contribution is -2.37. The van der Waals surface area contributed by atoms with Crippen LogP contribution in [0, 0.1) is 26.9 Å². The van der Waals surface area contributed by atoms with Crippen LogP contribution in [0.1, 0.15) is 45.6 Å². The number of rotatable bonds is 4. The molecule has 3 rings (SSSR count). The summed E-state index contributed by atoms with van der Waals surface area (Å²) in [5, 5.41) is 10.7. The van der Waals surface area contributed by atoms with Gasteiger partial charge in [-0.15, -0.1) is 0 Å². The van der Waals surface area contributed by atoms with Crippen LogP contribution in [0.15, 0.2) is 28.7 Å². The van der Waals surface area contributed by atoms with Crippen molar-refractivity contribution in [2.24, 2.45) is 21.1 Å². The minimum Gasteiger partial charge on any atom is -0.258 e. The van der Waals surface area contributed by atoms with Crippen LogP contribution in [0.25, 0.3) is 0 Å². The van der Waals surface area contributed by atoms with Crippen molar-refractivity contribution in [1.82, 2.24) is 0 Å². The van der Waals surface area contributed by atoms with Crippen LogP contribution in [-0.4, -0.2) is 20.6 Å². The van der Waals surface area contributed by atoms with E-state index >= 15 is 0 Å². The Balaban J connectivity index is 1.74. The Morgan fingerprint density at radius 1 is 1.30 bits per heavy atom. The molecule has 0 saturated heterocycles. The highest BCUT2D eigenvalue weighted by Gasteiger charge is 2.63. The standard InChI is InChI=1S/C17H22N2O3S/c1-16(2)13-8-9-17(16,3)15(10-13)23(22)18-11-12-4-6-14(7-5-12)19(20)21/h4-7,11,13,15H,8-10H2,1-3H3/b18-11+/t13-,15-,17+,23+/m0/s1. The number of nitro benzene ring substituents is 1. The molecule has 23 heavy (non-hydrogen) atoms. The topological polar surface area (TPSA) is 72.6 Å². The molecule has 0 radical (unpaired) electrons. The Morgan fingerprint density at radius 3 is 2.43 bits per heavy atom.